The van der Waals surface area contributed by atoms with Gasteiger partial charge >= 0.3 is 0 Å². The third-order valence-corrected chi connectivity index (χ3v) is 3.12. The molecule has 0 saturated carbocycles. The van der Waals surface area contributed by atoms with Crippen LogP contribution in [0.15, 0.2) is 23.5 Å². The summed E-state index contributed by atoms with van der Waals surface area (Å²) in [7, 11) is 1.57. The topological polar surface area (TPSA) is 84.8 Å². The molecule has 0 aliphatic rings. The Bertz CT molecular complexity index is 596. The highest BCUT2D eigenvalue weighted by Gasteiger charge is 2.08. The molecule has 0 fully saturated rings. The zero-order valence-corrected chi connectivity index (χ0v) is 11.9. The minimum Gasteiger partial charge on any atom is -0.383 e. The molecular formula is C12H16ClN5O2. The number of imidazole rings is 1. The predicted molar refractivity (Wildman–Crippen MR) is 76.2 cm³/mol. The molecule has 108 valence electrons. The van der Waals surface area contributed by atoms with Gasteiger partial charge in [0.25, 0.3) is 5.56 Å². The number of aromatic nitrogens is 4. The molecule has 2 aromatic rings. The molecule has 2 aromatic heterocycles. The van der Waals surface area contributed by atoms with Gasteiger partial charge in [-0.1, -0.05) is 11.6 Å². The molecular weight excluding hydrogens is 282 g/mol. The fourth-order valence-corrected chi connectivity index (χ4v) is 1.89. The highest BCUT2D eigenvalue weighted by molar-refractivity contribution is 6.32. The second kappa shape index (κ2) is 7.06. The minimum atomic E-state index is -0.324. The average Bonchev–Trinajstić information content (AvgIpc) is 2.96. The lowest BCUT2D eigenvalue weighted by molar-refractivity contribution is 0.182. The van der Waals surface area contributed by atoms with Gasteiger partial charge in [0.1, 0.15) is 5.02 Å². The molecule has 0 atom stereocenters. The van der Waals surface area contributed by atoms with Crippen molar-refractivity contribution in [2.75, 3.05) is 25.6 Å². The molecule has 2 N–H and O–H groups in total. The zero-order valence-electron chi connectivity index (χ0n) is 11.1. The highest BCUT2D eigenvalue weighted by Crippen LogP contribution is 2.14. The van der Waals surface area contributed by atoms with Crippen molar-refractivity contribution >= 4 is 17.3 Å². The molecule has 0 aliphatic heterocycles. The number of hydrogen-bond donors (Lipinski definition) is 2. The summed E-state index contributed by atoms with van der Waals surface area (Å²) in [5, 5.41) is 7.28. The lowest BCUT2D eigenvalue weighted by Crippen LogP contribution is -2.26. The Labute approximate surface area is 120 Å². The maximum absolute atomic E-state index is 11.9. The first-order valence-electron chi connectivity index (χ1n) is 6.18. The van der Waals surface area contributed by atoms with Gasteiger partial charge in [0.15, 0.2) is 0 Å². The maximum atomic E-state index is 11.9. The van der Waals surface area contributed by atoms with Gasteiger partial charge in [-0.15, -0.1) is 0 Å². The third-order valence-electron chi connectivity index (χ3n) is 2.76. The summed E-state index contributed by atoms with van der Waals surface area (Å²) in [5.41, 5.74) is 1.22. The van der Waals surface area contributed by atoms with Crippen molar-refractivity contribution in [3.63, 3.8) is 0 Å². The van der Waals surface area contributed by atoms with E-state index in [9.17, 15) is 4.79 Å². The van der Waals surface area contributed by atoms with Crippen molar-refractivity contribution in [3.8, 4) is 0 Å². The fourth-order valence-electron chi connectivity index (χ4n) is 1.68. The molecule has 0 saturated heterocycles. The minimum absolute atomic E-state index is 0.140. The first-order chi connectivity index (χ1) is 9.72. The van der Waals surface area contributed by atoms with Crippen molar-refractivity contribution in [2.45, 2.75) is 13.0 Å². The Kier molecular flexibility index (Phi) is 5.14. The molecule has 7 nitrogen and oxygen atoms in total. The Hall–Kier alpha value is -1.86. The summed E-state index contributed by atoms with van der Waals surface area (Å²) in [4.78, 5) is 18.9. The van der Waals surface area contributed by atoms with E-state index >= 15 is 0 Å². The van der Waals surface area contributed by atoms with Crippen molar-refractivity contribution < 1.29 is 4.74 Å². The highest BCUT2D eigenvalue weighted by atomic mass is 35.5. The van der Waals surface area contributed by atoms with E-state index in [1.165, 1.54) is 4.68 Å². The van der Waals surface area contributed by atoms with E-state index in [0.29, 0.717) is 25.4 Å². The monoisotopic (exact) mass is 297 g/mol. The zero-order chi connectivity index (χ0) is 14.4. The van der Waals surface area contributed by atoms with Gasteiger partial charge < -0.3 is 15.0 Å². The number of methoxy groups -OCH3 is 1. The molecule has 2 rings (SSSR count). The second-order valence-corrected chi connectivity index (χ2v) is 4.52. The summed E-state index contributed by atoms with van der Waals surface area (Å²) >= 11 is 6.04. The number of nitrogens with zero attached hydrogens (tertiary/aromatic N) is 3. The molecule has 0 unspecified atom stereocenters. The summed E-state index contributed by atoms with van der Waals surface area (Å²) in [5.74, 6) is 0. The van der Waals surface area contributed by atoms with Gasteiger partial charge in [-0.25, -0.2) is 9.67 Å². The second-order valence-electron chi connectivity index (χ2n) is 4.15. The third kappa shape index (κ3) is 3.58. The smallest absolute Gasteiger partial charge is 0.287 e. The van der Waals surface area contributed by atoms with Crippen LogP contribution in [0.25, 0.3) is 0 Å². The number of H-pyrrole nitrogens is 1. The van der Waals surface area contributed by atoms with Crippen LogP contribution in [-0.4, -0.2) is 40.0 Å². The van der Waals surface area contributed by atoms with Gasteiger partial charge in [0.2, 0.25) is 0 Å². The van der Waals surface area contributed by atoms with Crippen molar-refractivity contribution in [2.24, 2.45) is 0 Å². The fraction of sp³-hybridized carbons (Fsp3) is 0.417. The van der Waals surface area contributed by atoms with E-state index in [1.807, 2.05) is 0 Å². The Balaban J connectivity index is 1.98. The van der Waals surface area contributed by atoms with Crippen LogP contribution >= 0.6 is 11.6 Å². The summed E-state index contributed by atoms with van der Waals surface area (Å²) in [6, 6.07) is 0. The number of rotatable bonds is 7. The van der Waals surface area contributed by atoms with E-state index in [-0.39, 0.29) is 10.6 Å². The van der Waals surface area contributed by atoms with Gasteiger partial charge in [0.05, 0.1) is 31.4 Å². The quantitative estimate of drug-likeness (QED) is 0.794. The van der Waals surface area contributed by atoms with Crippen LogP contribution in [0.1, 0.15) is 5.69 Å². The van der Waals surface area contributed by atoms with Gasteiger partial charge in [-0.3, -0.25) is 4.79 Å². The number of anilines is 1. The molecule has 0 spiro atoms. The molecule has 0 radical (unpaired) electrons. The van der Waals surface area contributed by atoms with Gasteiger partial charge in [-0.05, 0) is 0 Å². The SMILES string of the molecule is COCCn1ncc(NCCc2cnc[nH]2)c(Cl)c1=O. The predicted octanol–water partition coefficient (Wildman–Crippen LogP) is 0.921. The van der Waals surface area contributed by atoms with E-state index in [0.717, 1.165) is 12.1 Å². The van der Waals surface area contributed by atoms with E-state index < -0.39 is 0 Å². The number of aromatic amines is 1. The van der Waals surface area contributed by atoms with Gasteiger partial charge in [-0.2, -0.15) is 5.10 Å². The summed E-state index contributed by atoms with van der Waals surface area (Å²) in [6.07, 6.45) is 5.68. The van der Waals surface area contributed by atoms with Crippen LogP contribution < -0.4 is 10.9 Å². The molecule has 0 aliphatic carbocycles. The number of ether oxygens (including phenoxy) is 1. The number of nitrogens with one attached hydrogen (secondary N) is 2. The Morgan fingerprint density at radius 3 is 3.05 bits per heavy atom. The largest absolute Gasteiger partial charge is 0.383 e. The lowest BCUT2D eigenvalue weighted by atomic mass is 10.3. The van der Waals surface area contributed by atoms with E-state index in [1.54, 1.807) is 25.8 Å². The van der Waals surface area contributed by atoms with Crippen LogP contribution in [0.2, 0.25) is 5.02 Å². The van der Waals surface area contributed by atoms with Crippen LogP contribution in [0.5, 0.6) is 0 Å². The molecule has 0 aromatic carbocycles. The van der Waals surface area contributed by atoms with Gasteiger partial charge in [0, 0.05) is 32.0 Å². The summed E-state index contributed by atoms with van der Waals surface area (Å²) < 4.78 is 6.19. The van der Waals surface area contributed by atoms with E-state index in [2.05, 4.69) is 20.4 Å². The number of halogens is 1. The molecule has 0 bridgehead atoms. The first-order valence-corrected chi connectivity index (χ1v) is 6.56. The van der Waals surface area contributed by atoms with Crippen molar-refractivity contribution in [3.05, 3.63) is 39.8 Å². The first kappa shape index (κ1) is 14.5. The van der Waals surface area contributed by atoms with Crippen LogP contribution in [0, 0.1) is 0 Å². The van der Waals surface area contributed by atoms with E-state index in [4.69, 9.17) is 16.3 Å². The molecule has 20 heavy (non-hydrogen) atoms. The van der Waals surface area contributed by atoms with Crippen molar-refractivity contribution in [1.29, 1.82) is 0 Å². The Morgan fingerprint density at radius 1 is 1.50 bits per heavy atom. The standard InChI is InChI=1S/C12H16ClN5O2/c1-20-5-4-18-12(19)11(13)10(7-17-18)15-3-2-9-6-14-8-16-9/h6-8,15H,2-5H2,1H3,(H,14,16). The molecule has 2 heterocycles. The number of hydrogen-bond acceptors (Lipinski definition) is 5. The van der Waals surface area contributed by atoms with Crippen molar-refractivity contribution in [1.82, 2.24) is 19.7 Å². The average molecular weight is 298 g/mol. The molecule has 8 heteroatoms. The van der Waals surface area contributed by atoms with Crippen LogP contribution in [-0.2, 0) is 17.7 Å². The Morgan fingerprint density at radius 2 is 2.35 bits per heavy atom. The lowest BCUT2D eigenvalue weighted by Gasteiger charge is -2.09. The normalized spacial score (nSPS) is 10.7. The maximum Gasteiger partial charge on any atom is 0.287 e. The van der Waals surface area contributed by atoms with Crippen LogP contribution in [0.3, 0.4) is 0 Å². The molecule has 0 amide bonds. The van der Waals surface area contributed by atoms with Crippen LogP contribution in [0.4, 0.5) is 5.69 Å². The summed E-state index contributed by atoms with van der Waals surface area (Å²) in [6.45, 7) is 1.42.